The maximum absolute atomic E-state index is 12.1. The van der Waals surface area contributed by atoms with Crippen LogP contribution in [0.1, 0.15) is 22.8 Å². The van der Waals surface area contributed by atoms with Gasteiger partial charge >= 0.3 is 11.9 Å². The molecule has 0 heterocycles. The van der Waals surface area contributed by atoms with Gasteiger partial charge in [-0.15, -0.1) is 0 Å². The summed E-state index contributed by atoms with van der Waals surface area (Å²) in [7, 11) is -2.87. The van der Waals surface area contributed by atoms with Crippen LogP contribution in [-0.2, 0) is 19.6 Å². The van der Waals surface area contributed by atoms with Crippen LogP contribution in [0.15, 0.2) is 23.1 Å². The van der Waals surface area contributed by atoms with Gasteiger partial charge in [-0.3, -0.25) is 4.79 Å². The summed E-state index contributed by atoms with van der Waals surface area (Å²) in [6.07, 6.45) is 0. The first-order valence-corrected chi connectivity index (χ1v) is 7.11. The normalized spacial score (nSPS) is 12.8. The van der Waals surface area contributed by atoms with Gasteiger partial charge < -0.3 is 9.84 Å². The van der Waals surface area contributed by atoms with Crippen LogP contribution in [0, 0.1) is 6.92 Å². The van der Waals surface area contributed by atoms with E-state index in [0.29, 0.717) is 5.56 Å². The number of rotatable bonds is 5. The van der Waals surface area contributed by atoms with Gasteiger partial charge in [-0.25, -0.2) is 13.2 Å². The van der Waals surface area contributed by atoms with Gasteiger partial charge in [0, 0.05) is 0 Å². The molecule has 7 nitrogen and oxygen atoms in total. The summed E-state index contributed by atoms with van der Waals surface area (Å²) in [5.41, 5.74) is 0.223. The van der Waals surface area contributed by atoms with Crippen LogP contribution in [-0.4, -0.2) is 38.6 Å². The van der Waals surface area contributed by atoms with Crippen molar-refractivity contribution in [3.63, 3.8) is 0 Å². The number of carbonyl (C=O) groups excluding carboxylic acids is 1. The van der Waals surface area contributed by atoms with Crippen molar-refractivity contribution in [1.29, 1.82) is 0 Å². The molecule has 0 radical (unpaired) electrons. The minimum Gasteiger partial charge on any atom is -0.478 e. The smallest absolute Gasteiger partial charge is 0.335 e. The molecule has 1 rings (SSSR count). The Morgan fingerprint density at radius 2 is 1.95 bits per heavy atom. The number of sulfonamides is 1. The quantitative estimate of drug-likeness (QED) is 0.768. The molecule has 0 bridgehead atoms. The van der Waals surface area contributed by atoms with Crippen LogP contribution in [0.3, 0.4) is 0 Å². The number of hydrogen-bond donors (Lipinski definition) is 2. The number of aryl methyl sites for hydroxylation is 1. The highest BCUT2D eigenvalue weighted by Gasteiger charge is 2.24. The first-order valence-electron chi connectivity index (χ1n) is 5.63. The number of aromatic carboxylic acids is 1. The topological polar surface area (TPSA) is 110 Å². The standard InChI is InChI=1S/C12H15NO6S/c1-7-4-5-9(11(14)15)6-10(7)20(17,18)13-8(2)12(16)19-3/h4-6,8,13H,1-3H3,(H,14,15). The molecule has 0 fully saturated rings. The van der Waals surface area contributed by atoms with Crippen molar-refractivity contribution in [2.24, 2.45) is 0 Å². The summed E-state index contributed by atoms with van der Waals surface area (Å²) in [4.78, 5) is 21.9. The highest BCUT2D eigenvalue weighted by molar-refractivity contribution is 7.89. The van der Waals surface area contributed by atoms with Crippen molar-refractivity contribution in [3.05, 3.63) is 29.3 Å². The van der Waals surface area contributed by atoms with Gasteiger partial charge in [0.25, 0.3) is 0 Å². The monoisotopic (exact) mass is 301 g/mol. The summed E-state index contributed by atoms with van der Waals surface area (Å²) in [6.45, 7) is 2.86. The molecular formula is C12H15NO6S. The van der Waals surface area contributed by atoms with Crippen LogP contribution in [0.4, 0.5) is 0 Å². The van der Waals surface area contributed by atoms with E-state index >= 15 is 0 Å². The molecule has 0 aliphatic heterocycles. The predicted octanol–water partition coefficient (Wildman–Crippen LogP) is 0.533. The Bertz CT molecular complexity index is 637. The average molecular weight is 301 g/mol. The van der Waals surface area contributed by atoms with E-state index in [4.69, 9.17) is 5.11 Å². The Balaban J connectivity index is 3.18. The molecule has 8 heteroatoms. The maximum Gasteiger partial charge on any atom is 0.335 e. The molecule has 0 aliphatic rings. The first kappa shape index (κ1) is 16.1. The van der Waals surface area contributed by atoms with Gasteiger partial charge in [0.05, 0.1) is 17.6 Å². The minimum atomic E-state index is -4.02. The average Bonchev–Trinajstić information content (AvgIpc) is 2.37. The van der Waals surface area contributed by atoms with Crippen LogP contribution in [0.5, 0.6) is 0 Å². The van der Waals surface area contributed by atoms with E-state index in [2.05, 4.69) is 9.46 Å². The molecule has 1 aromatic rings. The molecule has 1 unspecified atom stereocenters. The second-order valence-electron chi connectivity index (χ2n) is 4.15. The molecule has 0 aliphatic carbocycles. The molecule has 1 atom stereocenters. The molecular weight excluding hydrogens is 286 g/mol. The predicted molar refractivity (Wildman–Crippen MR) is 69.9 cm³/mol. The summed E-state index contributed by atoms with van der Waals surface area (Å²) < 4.78 is 30.9. The maximum atomic E-state index is 12.1. The molecule has 20 heavy (non-hydrogen) atoms. The second-order valence-corrected chi connectivity index (χ2v) is 5.83. The van der Waals surface area contributed by atoms with E-state index in [9.17, 15) is 18.0 Å². The van der Waals surface area contributed by atoms with E-state index in [-0.39, 0.29) is 10.5 Å². The van der Waals surface area contributed by atoms with Crippen molar-refractivity contribution < 1.29 is 27.9 Å². The highest BCUT2D eigenvalue weighted by Crippen LogP contribution is 2.17. The molecule has 0 amide bonds. The fraction of sp³-hybridized carbons (Fsp3) is 0.333. The third-order valence-electron chi connectivity index (χ3n) is 2.61. The number of methoxy groups -OCH3 is 1. The fourth-order valence-electron chi connectivity index (χ4n) is 1.54. The molecule has 0 saturated heterocycles. The van der Waals surface area contributed by atoms with E-state index in [1.54, 1.807) is 0 Å². The molecule has 1 aromatic carbocycles. The Morgan fingerprint density at radius 3 is 2.45 bits per heavy atom. The third-order valence-corrected chi connectivity index (χ3v) is 4.29. The number of hydrogen-bond acceptors (Lipinski definition) is 5. The summed E-state index contributed by atoms with van der Waals surface area (Å²) in [5.74, 6) is -1.97. The lowest BCUT2D eigenvalue weighted by Gasteiger charge is -2.14. The van der Waals surface area contributed by atoms with Gasteiger partial charge in [-0.05, 0) is 31.5 Å². The minimum absolute atomic E-state index is 0.151. The van der Waals surface area contributed by atoms with E-state index < -0.39 is 28.0 Å². The second kappa shape index (κ2) is 6.02. The first-order chi connectivity index (χ1) is 9.19. The van der Waals surface area contributed by atoms with Crippen molar-refractivity contribution in [1.82, 2.24) is 4.72 Å². The highest BCUT2D eigenvalue weighted by atomic mass is 32.2. The van der Waals surface area contributed by atoms with Gasteiger partial charge in [-0.1, -0.05) is 6.07 Å². The van der Waals surface area contributed by atoms with Crippen LogP contribution in [0.25, 0.3) is 0 Å². The van der Waals surface area contributed by atoms with Gasteiger partial charge in [0.1, 0.15) is 6.04 Å². The largest absolute Gasteiger partial charge is 0.478 e. The Morgan fingerprint density at radius 1 is 1.35 bits per heavy atom. The number of benzene rings is 1. The SMILES string of the molecule is COC(=O)C(C)NS(=O)(=O)c1cc(C(=O)O)ccc1C. The molecule has 0 aromatic heterocycles. The number of nitrogens with one attached hydrogen (secondary N) is 1. The number of carbonyl (C=O) groups is 2. The molecule has 2 N–H and O–H groups in total. The zero-order chi connectivity index (χ0) is 15.5. The number of ether oxygens (including phenoxy) is 1. The van der Waals surface area contributed by atoms with Crippen molar-refractivity contribution in [2.45, 2.75) is 24.8 Å². The number of esters is 1. The van der Waals surface area contributed by atoms with Gasteiger partial charge in [-0.2, -0.15) is 4.72 Å². The fourth-order valence-corrected chi connectivity index (χ4v) is 3.01. The van der Waals surface area contributed by atoms with Crippen molar-refractivity contribution in [3.8, 4) is 0 Å². The van der Waals surface area contributed by atoms with Crippen molar-refractivity contribution in [2.75, 3.05) is 7.11 Å². The lowest BCUT2D eigenvalue weighted by Crippen LogP contribution is -2.39. The number of carboxylic acid groups (broad SMARTS) is 1. The van der Waals surface area contributed by atoms with Crippen LogP contribution < -0.4 is 4.72 Å². The van der Waals surface area contributed by atoms with E-state index in [0.717, 1.165) is 13.2 Å². The Kier molecular flexibility index (Phi) is 4.85. The van der Waals surface area contributed by atoms with Crippen molar-refractivity contribution >= 4 is 22.0 Å². The third kappa shape index (κ3) is 3.55. The molecule has 0 spiro atoms. The zero-order valence-corrected chi connectivity index (χ0v) is 12.0. The Labute approximate surface area is 116 Å². The lowest BCUT2D eigenvalue weighted by molar-refractivity contribution is -0.142. The summed E-state index contributed by atoms with van der Waals surface area (Å²) in [6, 6.07) is 2.67. The van der Waals surface area contributed by atoms with Crippen LogP contribution in [0.2, 0.25) is 0 Å². The number of carboxylic acids is 1. The molecule has 0 saturated carbocycles. The van der Waals surface area contributed by atoms with Gasteiger partial charge in [0.2, 0.25) is 10.0 Å². The zero-order valence-electron chi connectivity index (χ0n) is 11.2. The van der Waals surface area contributed by atoms with E-state index in [1.807, 2.05) is 0 Å². The van der Waals surface area contributed by atoms with Crippen LogP contribution >= 0.6 is 0 Å². The van der Waals surface area contributed by atoms with Gasteiger partial charge in [0.15, 0.2) is 0 Å². The van der Waals surface area contributed by atoms with E-state index in [1.165, 1.54) is 26.0 Å². The summed E-state index contributed by atoms with van der Waals surface area (Å²) >= 11 is 0. The Hall–Kier alpha value is -1.93. The lowest BCUT2D eigenvalue weighted by atomic mass is 10.1. The summed E-state index contributed by atoms with van der Waals surface area (Å²) in [5, 5.41) is 8.88. The molecule has 110 valence electrons.